The summed E-state index contributed by atoms with van der Waals surface area (Å²) in [4.78, 5) is 27.0. The fourth-order valence-corrected chi connectivity index (χ4v) is 3.05. The molecule has 122 valence electrons. The highest BCUT2D eigenvalue weighted by atomic mass is 32.2. The Bertz CT molecular complexity index is 740. The monoisotopic (exact) mass is 333 g/mol. The second kappa shape index (κ2) is 7.73. The molecule has 3 N–H and O–H groups in total. The summed E-state index contributed by atoms with van der Waals surface area (Å²) in [6.45, 7) is 4.14. The average Bonchev–Trinajstić information content (AvgIpc) is 2.94. The number of carbonyl (C=O) groups excluding carboxylic acids is 2. The normalized spacial score (nSPS) is 11.7. The van der Waals surface area contributed by atoms with Crippen LogP contribution in [0.4, 0.5) is 5.69 Å². The Hall–Kier alpha value is -2.41. The molecule has 0 aliphatic carbocycles. The summed E-state index contributed by atoms with van der Waals surface area (Å²) in [5.41, 5.74) is 1.94. The number of rotatable bonds is 6. The molecule has 7 heteroatoms. The van der Waals surface area contributed by atoms with Crippen LogP contribution in [0.1, 0.15) is 22.8 Å². The zero-order valence-corrected chi connectivity index (χ0v) is 13.8. The van der Waals surface area contributed by atoms with Crippen molar-refractivity contribution >= 4 is 28.3 Å². The lowest BCUT2D eigenvalue weighted by atomic mass is 10.2. The number of H-pyrrole nitrogens is 1. The van der Waals surface area contributed by atoms with Crippen molar-refractivity contribution in [2.45, 2.75) is 18.7 Å². The number of aryl methyl sites for hydroxylation is 1. The van der Waals surface area contributed by atoms with Gasteiger partial charge in [0.15, 0.2) is 0 Å². The van der Waals surface area contributed by atoms with E-state index in [2.05, 4.69) is 15.6 Å². The first-order valence-electron chi connectivity index (χ1n) is 7.21. The van der Waals surface area contributed by atoms with E-state index in [4.69, 9.17) is 0 Å². The fraction of sp³-hybridized carbons (Fsp3) is 0.250. The third-order valence-corrected chi connectivity index (χ3v) is 4.49. The number of hydrogen-bond acceptors (Lipinski definition) is 3. The molecule has 0 fully saturated rings. The van der Waals surface area contributed by atoms with Crippen molar-refractivity contribution in [1.82, 2.24) is 10.3 Å². The smallest absolute Gasteiger partial charge is 0.257 e. The Morgan fingerprint density at radius 1 is 1.26 bits per heavy atom. The predicted molar refractivity (Wildman–Crippen MR) is 89.9 cm³/mol. The maximum absolute atomic E-state index is 12.2. The van der Waals surface area contributed by atoms with E-state index in [9.17, 15) is 13.8 Å². The Morgan fingerprint density at radius 2 is 2.04 bits per heavy atom. The second-order valence-corrected chi connectivity index (χ2v) is 6.43. The molecule has 0 spiro atoms. The number of anilines is 1. The highest BCUT2D eigenvalue weighted by Crippen LogP contribution is 2.16. The standard InChI is InChI=1S/C16H19N3O3S/c1-3-18-15(20)10-23(22)13-6-4-5-12(7-13)19-16(21)14-9-17-8-11(14)2/h4-9,17H,3,10H2,1-2H3,(H,18,20)(H,19,21). The summed E-state index contributed by atoms with van der Waals surface area (Å²) in [6, 6.07) is 6.71. The third kappa shape index (κ3) is 4.53. The molecule has 1 aromatic carbocycles. The molecule has 2 aromatic rings. The molecule has 0 bridgehead atoms. The Kier molecular flexibility index (Phi) is 5.70. The molecule has 23 heavy (non-hydrogen) atoms. The lowest BCUT2D eigenvalue weighted by Gasteiger charge is -2.07. The molecule has 1 atom stereocenters. The predicted octanol–water partition coefficient (Wildman–Crippen LogP) is 1.82. The lowest BCUT2D eigenvalue weighted by Crippen LogP contribution is -2.27. The average molecular weight is 333 g/mol. The van der Waals surface area contributed by atoms with Gasteiger partial charge in [-0.1, -0.05) is 6.07 Å². The Balaban J connectivity index is 2.08. The van der Waals surface area contributed by atoms with Crippen molar-refractivity contribution in [2.24, 2.45) is 0 Å². The van der Waals surface area contributed by atoms with Gasteiger partial charge in [-0.15, -0.1) is 0 Å². The number of carbonyl (C=O) groups is 2. The van der Waals surface area contributed by atoms with Gasteiger partial charge in [-0.3, -0.25) is 13.8 Å². The third-order valence-electron chi connectivity index (χ3n) is 3.19. The first-order chi connectivity index (χ1) is 11.0. The molecular weight excluding hydrogens is 314 g/mol. The maximum atomic E-state index is 12.2. The van der Waals surface area contributed by atoms with E-state index in [0.717, 1.165) is 5.56 Å². The summed E-state index contributed by atoms with van der Waals surface area (Å²) < 4.78 is 12.2. The van der Waals surface area contributed by atoms with Gasteiger partial charge in [0, 0.05) is 29.5 Å². The van der Waals surface area contributed by atoms with Gasteiger partial charge in [-0.2, -0.15) is 0 Å². The van der Waals surface area contributed by atoms with Crippen molar-refractivity contribution in [3.63, 3.8) is 0 Å². The van der Waals surface area contributed by atoms with E-state index >= 15 is 0 Å². The lowest BCUT2D eigenvalue weighted by molar-refractivity contribution is -0.118. The van der Waals surface area contributed by atoms with Gasteiger partial charge in [0.1, 0.15) is 5.75 Å². The number of nitrogens with one attached hydrogen (secondary N) is 3. The Morgan fingerprint density at radius 3 is 2.70 bits per heavy atom. The summed E-state index contributed by atoms with van der Waals surface area (Å²) >= 11 is 0. The molecule has 0 aliphatic rings. The van der Waals surface area contributed by atoms with Crippen LogP contribution in [0.3, 0.4) is 0 Å². The summed E-state index contributed by atoms with van der Waals surface area (Å²) in [6.07, 6.45) is 3.37. The molecule has 0 saturated carbocycles. The molecule has 0 radical (unpaired) electrons. The summed E-state index contributed by atoms with van der Waals surface area (Å²) in [5, 5.41) is 5.38. The van der Waals surface area contributed by atoms with Crippen LogP contribution in [-0.4, -0.2) is 33.3 Å². The van der Waals surface area contributed by atoms with Crippen molar-refractivity contribution < 1.29 is 13.8 Å². The van der Waals surface area contributed by atoms with Gasteiger partial charge in [-0.25, -0.2) is 0 Å². The van der Waals surface area contributed by atoms with Crippen LogP contribution in [0, 0.1) is 6.92 Å². The molecule has 0 saturated heterocycles. The molecular formula is C16H19N3O3S. The molecule has 2 rings (SSSR count). The van der Waals surface area contributed by atoms with Crippen LogP contribution in [0.25, 0.3) is 0 Å². The van der Waals surface area contributed by atoms with Gasteiger partial charge in [-0.05, 0) is 37.6 Å². The quantitative estimate of drug-likeness (QED) is 0.753. The molecule has 1 heterocycles. The number of amides is 2. The number of aromatic amines is 1. The van der Waals surface area contributed by atoms with Crippen molar-refractivity contribution in [3.05, 3.63) is 47.8 Å². The van der Waals surface area contributed by atoms with Crippen LogP contribution in [-0.2, 0) is 15.6 Å². The minimum Gasteiger partial charge on any atom is -0.367 e. The van der Waals surface area contributed by atoms with Crippen molar-refractivity contribution in [2.75, 3.05) is 17.6 Å². The van der Waals surface area contributed by atoms with Crippen molar-refractivity contribution in [3.8, 4) is 0 Å². The number of hydrogen-bond donors (Lipinski definition) is 3. The first-order valence-corrected chi connectivity index (χ1v) is 8.53. The fourth-order valence-electron chi connectivity index (χ4n) is 2.05. The second-order valence-electron chi connectivity index (χ2n) is 4.98. The largest absolute Gasteiger partial charge is 0.367 e. The maximum Gasteiger partial charge on any atom is 0.257 e. The van der Waals surface area contributed by atoms with Gasteiger partial charge in [0.2, 0.25) is 5.91 Å². The zero-order valence-electron chi connectivity index (χ0n) is 13.0. The van der Waals surface area contributed by atoms with Crippen molar-refractivity contribution in [1.29, 1.82) is 0 Å². The number of aromatic nitrogens is 1. The first kappa shape index (κ1) is 17.0. The van der Waals surface area contributed by atoms with E-state index in [1.807, 2.05) is 6.92 Å². The highest BCUT2D eigenvalue weighted by Gasteiger charge is 2.13. The summed E-state index contributed by atoms with van der Waals surface area (Å²) in [7, 11) is -1.45. The minimum absolute atomic E-state index is 0.0951. The van der Waals surface area contributed by atoms with Crippen LogP contribution >= 0.6 is 0 Å². The van der Waals surface area contributed by atoms with E-state index in [1.165, 1.54) is 0 Å². The molecule has 0 aliphatic heterocycles. The number of benzene rings is 1. The molecule has 2 amide bonds. The van der Waals surface area contributed by atoms with E-state index in [-0.39, 0.29) is 17.6 Å². The molecule has 1 aromatic heterocycles. The van der Waals surface area contributed by atoms with E-state index < -0.39 is 10.8 Å². The SMILES string of the molecule is CCNC(=O)CS(=O)c1cccc(NC(=O)c2c[nH]cc2C)c1. The van der Waals surface area contributed by atoms with Gasteiger partial charge in [0.05, 0.1) is 16.4 Å². The topological polar surface area (TPSA) is 91.1 Å². The highest BCUT2D eigenvalue weighted by molar-refractivity contribution is 7.85. The van der Waals surface area contributed by atoms with Gasteiger partial charge < -0.3 is 15.6 Å². The zero-order chi connectivity index (χ0) is 16.8. The molecule has 1 unspecified atom stereocenters. The van der Waals surface area contributed by atoms with Crippen LogP contribution in [0.15, 0.2) is 41.6 Å². The Labute approximate surface area is 137 Å². The van der Waals surface area contributed by atoms with E-state index in [0.29, 0.717) is 22.7 Å². The van der Waals surface area contributed by atoms with Crippen LogP contribution in [0.5, 0.6) is 0 Å². The summed E-state index contributed by atoms with van der Waals surface area (Å²) in [5.74, 6) is -0.596. The van der Waals surface area contributed by atoms with Crippen LogP contribution in [0.2, 0.25) is 0 Å². The minimum atomic E-state index is -1.45. The molecule has 6 nitrogen and oxygen atoms in total. The van der Waals surface area contributed by atoms with Gasteiger partial charge in [0.25, 0.3) is 5.91 Å². The van der Waals surface area contributed by atoms with Gasteiger partial charge >= 0.3 is 0 Å². The van der Waals surface area contributed by atoms with Crippen LogP contribution < -0.4 is 10.6 Å². The van der Waals surface area contributed by atoms with E-state index in [1.54, 1.807) is 43.6 Å².